The van der Waals surface area contributed by atoms with Gasteiger partial charge in [0.15, 0.2) is 5.76 Å². The molecule has 2 atom stereocenters. The highest BCUT2D eigenvalue weighted by Crippen LogP contribution is 2.22. The SMILES string of the molecule is Cc1cccc(C)c1OC[C@@H](O)C[NH+](Cc1ccco1)Cc1ccccc1O. The van der Waals surface area contributed by atoms with E-state index in [1.54, 1.807) is 18.4 Å². The number of quaternary nitrogens is 1. The van der Waals surface area contributed by atoms with Gasteiger partial charge in [0.2, 0.25) is 0 Å². The molecule has 0 aliphatic rings. The molecule has 28 heavy (non-hydrogen) atoms. The Morgan fingerprint density at radius 3 is 2.39 bits per heavy atom. The van der Waals surface area contributed by atoms with E-state index in [2.05, 4.69) is 0 Å². The van der Waals surface area contributed by atoms with Crippen LogP contribution in [0.25, 0.3) is 0 Å². The second-order valence-corrected chi connectivity index (χ2v) is 7.20. The minimum absolute atomic E-state index is 0.216. The molecule has 0 saturated carbocycles. The van der Waals surface area contributed by atoms with Gasteiger partial charge in [0, 0.05) is 5.56 Å². The topological polar surface area (TPSA) is 67.3 Å². The quantitative estimate of drug-likeness (QED) is 0.532. The standard InChI is InChI=1S/C23H27NO4/c1-17-7-5-8-18(2)23(17)28-16-20(25)14-24(15-21-10-6-12-27-21)13-19-9-3-4-11-22(19)26/h3-12,20,25-26H,13-16H2,1-2H3/p+1/t20-/m0/s1. The zero-order chi connectivity index (χ0) is 19.9. The summed E-state index contributed by atoms with van der Waals surface area (Å²) in [6.45, 7) is 5.88. The Hall–Kier alpha value is -2.76. The second-order valence-electron chi connectivity index (χ2n) is 7.20. The lowest BCUT2D eigenvalue weighted by Crippen LogP contribution is -3.10. The Labute approximate surface area is 165 Å². The van der Waals surface area contributed by atoms with Crippen LogP contribution < -0.4 is 9.64 Å². The molecule has 0 fully saturated rings. The lowest BCUT2D eigenvalue weighted by atomic mass is 10.1. The van der Waals surface area contributed by atoms with Crippen molar-refractivity contribution in [1.82, 2.24) is 0 Å². The summed E-state index contributed by atoms with van der Waals surface area (Å²) in [5.41, 5.74) is 2.95. The van der Waals surface area contributed by atoms with Crippen LogP contribution in [0.15, 0.2) is 65.3 Å². The number of aromatic hydroxyl groups is 1. The van der Waals surface area contributed by atoms with Gasteiger partial charge in [-0.15, -0.1) is 0 Å². The highest BCUT2D eigenvalue weighted by atomic mass is 16.5. The van der Waals surface area contributed by atoms with E-state index < -0.39 is 6.10 Å². The molecule has 0 saturated heterocycles. The maximum atomic E-state index is 10.6. The van der Waals surface area contributed by atoms with E-state index >= 15 is 0 Å². The number of hydrogen-bond acceptors (Lipinski definition) is 4. The van der Waals surface area contributed by atoms with Crippen LogP contribution in [0.5, 0.6) is 11.5 Å². The molecular formula is C23H28NO4+. The normalized spacial score (nSPS) is 13.2. The Bertz CT molecular complexity index is 856. The van der Waals surface area contributed by atoms with Gasteiger partial charge in [-0.2, -0.15) is 0 Å². The summed E-state index contributed by atoms with van der Waals surface area (Å²) in [4.78, 5) is 1.08. The average Bonchev–Trinajstić information content (AvgIpc) is 3.16. The van der Waals surface area contributed by atoms with Gasteiger partial charge in [0.05, 0.1) is 6.26 Å². The summed E-state index contributed by atoms with van der Waals surface area (Å²) in [7, 11) is 0. The maximum Gasteiger partial charge on any atom is 0.157 e. The zero-order valence-corrected chi connectivity index (χ0v) is 16.4. The predicted molar refractivity (Wildman–Crippen MR) is 107 cm³/mol. The number of nitrogens with one attached hydrogen (secondary N) is 1. The molecule has 0 bridgehead atoms. The molecule has 0 radical (unpaired) electrons. The van der Waals surface area contributed by atoms with Crippen molar-refractivity contribution in [2.75, 3.05) is 13.2 Å². The van der Waals surface area contributed by atoms with Crippen LogP contribution in [0.2, 0.25) is 0 Å². The lowest BCUT2D eigenvalue weighted by Gasteiger charge is -2.23. The molecule has 3 N–H and O–H groups in total. The van der Waals surface area contributed by atoms with Gasteiger partial charge in [-0.3, -0.25) is 0 Å². The molecule has 0 amide bonds. The number of phenols is 1. The molecule has 3 rings (SSSR count). The van der Waals surface area contributed by atoms with Crippen LogP contribution in [-0.4, -0.2) is 29.5 Å². The van der Waals surface area contributed by atoms with Crippen molar-refractivity contribution in [1.29, 1.82) is 0 Å². The van der Waals surface area contributed by atoms with Crippen LogP contribution in [0.3, 0.4) is 0 Å². The molecule has 0 spiro atoms. The van der Waals surface area contributed by atoms with E-state index in [1.807, 2.05) is 56.3 Å². The minimum atomic E-state index is -0.644. The predicted octanol–water partition coefficient (Wildman–Crippen LogP) is 2.63. The van der Waals surface area contributed by atoms with Gasteiger partial charge < -0.3 is 24.3 Å². The number of aliphatic hydroxyl groups excluding tert-OH is 1. The van der Waals surface area contributed by atoms with Gasteiger partial charge in [0.1, 0.15) is 43.8 Å². The molecule has 0 aliphatic carbocycles. The fourth-order valence-electron chi connectivity index (χ4n) is 3.39. The third kappa shape index (κ3) is 5.38. The summed E-state index contributed by atoms with van der Waals surface area (Å²) >= 11 is 0. The number of benzene rings is 2. The average molecular weight is 382 g/mol. The summed E-state index contributed by atoms with van der Waals surface area (Å²) in [6.07, 6.45) is 1.00. The van der Waals surface area contributed by atoms with Crippen LogP contribution in [0, 0.1) is 13.8 Å². The largest absolute Gasteiger partial charge is 0.507 e. The van der Waals surface area contributed by atoms with Gasteiger partial charge in [-0.05, 0) is 49.2 Å². The number of furan rings is 1. The van der Waals surface area contributed by atoms with Crippen molar-refractivity contribution in [3.63, 3.8) is 0 Å². The third-order valence-corrected chi connectivity index (χ3v) is 4.79. The van der Waals surface area contributed by atoms with E-state index in [4.69, 9.17) is 9.15 Å². The van der Waals surface area contributed by atoms with Gasteiger partial charge >= 0.3 is 0 Å². The van der Waals surface area contributed by atoms with E-state index in [1.165, 1.54) is 0 Å². The fraction of sp³-hybridized carbons (Fsp3) is 0.304. The van der Waals surface area contributed by atoms with Crippen molar-refractivity contribution in [3.05, 3.63) is 83.3 Å². The van der Waals surface area contributed by atoms with Crippen molar-refractivity contribution in [2.24, 2.45) is 0 Å². The Morgan fingerprint density at radius 2 is 1.71 bits per heavy atom. The van der Waals surface area contributed by atoms with Gasteiger partial charge in [-0.1, -0.05) is 30.3 Å². The summed E-state index contributed by atoms with van der Waals surface area (Å²) in [5, 5.41) is 20.7. The van der Waals surface area contributed by atoms with E-state index in [0.29, 0.717) is 19.6 Å². The number of rotatable bonds is 9. The smallest absolute Gasteiger partial charge is 0.157 e. The second kappa shape index (κ2) is 9.44. The summed E-state index contributed by atoms with van der Waals surface area (Å²) < 4.78 is 11.4. The highest BCUT2D eigenvalue weighted by molar-refractivity contribution is 5.39. The summed E-state index contributed by atoms with van der Waals surface area (Å²) in [6, 6.07) is 17.1. The fourth-order valence-corrected chi connectivity index (χ4v) is 3.39. The summed E-state index contributed by atoms with van der Waals surface area (Å²) in [5.74, 6) is 1.93. The number of phenolic OH excluding ortho intramolecular Hbond substituents is 1. The molecule has 1 heterocycles. The van der Waals surface area contributed by atoms with Crippen LogP contribution >= 0.6 is 0 Å². The number of hydrogen-bond donors (Lipinski definition) is 3. The molecule has 1 unspecified atom stereocenters. The number of ether oxygens (including phenoxy) is 1. The molecule has 5 heteroatoms. The molecular weight excluding hydrogens is 354 g/mol. The first-order valence-corrected chi connectivity index (χ1v) is 9.53. The van der Waals surface area contributed by atoms with Crippen LogP contribution in [-0.2, 0) is 13.1 Å². The molecule has 2 aromatic carbocycles. The van der Waals surface area contributed by atoms with Crippen molar-refractivity contribution in [2.45, 2.75) is 33.0 Å². The molecule has 5 nitrogen and oxygen atoms in total. The van der Waals surface area contributed by atoms with Crippen molar-refractivity contribution in [3.8, 4) is 11.5 Å². The highest BCUT2D eigenvalue weighted by Gasteiger charge is 2.20. The molecule has 3 aromatic rings. The molecule has 0 aliphatic heterocycles. The Balaban J connectivity index is 1.65. The van der Waals surface area contributed by atoms with Gasteiger partial charge in [0.25, 0.3) is 0 Å². The number of para-hydroxylation sites is 2. The van der Waals surface area contributed by atoms with E-state index in [0.717, 1.165) is 33.1 Å². The van der Waals surface area contributed by atoms with E-state index in [-0.39, 0.29) is 12.4 Å². The first kappa shape index (κ1) is 20.0. The van der Waals surface area contributed by atoms with Gasteiger partial charge in [-0.25, -0.2) is 0 Å². The Kier molecular flexibility index (Phi) is 6.74. The lowest BCUT2D eigenvalue weighted by molar-refractivity contribution is -0.931. The maximum absolute atomic E-state index is 10.6. The monoisotopic (exact) mass is 382 g/mol. The van der Waals surface area contributed by atoms with E-state index in [9.17, 15) is 10.2 Å². The Morgan fingerprint density at radius 1 is 0.964 bits per heavy atom. The third-order valence-electron chi connectivity index (χ3n) is 4.79. The van der Waals surface area contributed by atoms with Crippen LogP contribution in [0.1, 0.15) is 22.5 Å². The number of aryl methyl sites for hydroxylation is 2. The first-order valence-electron chi connectivity index (χ1n) is 9.53. The zero-order valence-electron chi connectivity index (χ0n) is 16.4. The molecule has 148 valence electrons. The number of aliphatic hydroxyl groups is 1. The van der Waals surface area contributed by atoms with Crippen LogP contribution in [0.4, 0.5) is 0 Å². The van der Waals surface area contributed by atoms with Crippen molar-refractivity contribution >= 4 is 0 Å². The first-order chi connectivity index (χ1) is 13.5. The van der Waals surface area contributed by atoms with Crippen molar-refractivity contribution < 1.29 is 24.3 Å². The minimum Gasteiger partial charge on any atom is -0.507 e. The molecule has 1 aromatic heterocycles.